The molecule has 0 fully saturated rings. The minimum absolute atomic E-state index is 0.0153. The van der Waals surface area contributed by atoms with Gasteiger partial charge in [-0.05, 0) is 6.07 Å². The SMILES string of the molecule is C=CCNC(=O)Nc1cncc(C(=O)O)c1. The summed E-state index contributed by atoms with van der Waals surface area (Å²) in [5, 5.41) is 13.6. The molecule has 0 spiro atoms. The van der Waals surface area contributed by atoms with E-state index in [9.17, 15) is 9.59 Å². The number of nitrogens with one attached hydrogen (secondary N) is 2. The fraction of sp³-hybridized carbons (Fsp3) is 0.100. The van der Waals surface area contributed by atoms with Gasteiger partial charge < -0.3 is 15.7 Å². The van der Waals surface area contributed by atoms with Crippen LogP contribution in [0.4, 0.5) is 10.5 Å². The molecule has 84 valence electrons. The number of carbonyl (C=O) groups is 2. The highest BCUT2D eigenvalue weighted by molar-refractivity contribution is 5.92. The van der Waals surface area contributed by atoms with Crippen molar-refractivity contribution in [2.24, 2.45) is 0 Å². The molecule has 0 aliphatic heterocycles. The number of amides is 2. The zero-order valence-electron chi connectivity index (χ0n) is 8.43. The molecule has 3 N–H and O–H groups in total. The van der Waals surface area contributed by atoms with Gasteiger partial charge in [0.25, 0.3) is 0 Å². The molecule has 6 nitrogen and oxygen atoms in total. The van der Waals surface area contributed by atoms with E-state index in [-0.39, 0.29) is 5.56 Å². The van der Waals surface area contributed by atoms with E-state index >= 15 is 0 Å². The van der Waals surface area contributed by atoms with Crippen molar-refractivity contribution in [3.05, 3.63) is 36.7 Å². The molecule has 1 rings (SSSR count). The highest BCUT2D eigenvalue weighted by Crippen LogP contribution is 2.07. The molecule has 0 radical (unpaired) electrons. The van der Waals surface area contributed by atoms with Crippen molar-refractivity contribution in [3.8, 4) is 0 Å². The van der Waals surface area contributed by atoms with Gasteiger partial charge in [0.2, 0.25) is 0 Å². The lowest BCUT2D eigenvalue weighted by Gasteiger charge is -2.05. The van der Waals surface area contributed by atoms with E-state index in [1.165, 1.54) is 24.5 Å². The van der Waals surface area contributed by atoms with Gasteiger partial charge in [-0.15, -0.1) is 6.58 Å². The van der Waals surface area contributed by atoms with Crippen LogP contribution in [0.25, 0.3) is 0 Å². The van der Waals surface area contributed by atoms with E-state index in [0.717, 1.165) is 0 Å². The number of pyridine rings is 1. The molecule has 0 aliphatic carbocycles. The standard InChI is InChI=1S/C10H11N3O3/c1-2-3-12-10(16)13-8-4-7(9(14)15)5-11-6-8/h2,4-6H,1,3H2,(H,14,15)(H2,12,13,16). The summed E-state index contributed by atoms with van der Waals surface area (Å²) in [6.45, 7) is 3.78. The Hall–Kier alpha value is -2.37. The number of rotatable bonds is 4. The molecule has 0 aliphatic rings. The summed E-state index contributed by atoms with van der Waals surface area (Å²) in [5.74, 6) is -1.09. The normalized spacial score (nSPS) is 9.25. The molecule has 0 bridgehead atoms. The Morgan fingerprint density at radius 3 is 2.88 bits per heavy atom. The largest absolute Gasteiger partial charge is 0.478 e. The second kappa shape index (κ2) is 5.50. The van der Waals surface area contributed by atoms with E-state index in [0.29, 0.717) is 12.2 Å². The number of carboxylic acid groups (broad SMARTS) is 1. The third-order valence-electron chi connectivity index (χ3n) is 1.65. The summed E-state index contributed by atoms with van der Waals surface area (Å²) in [6, 6.07) is 0.882. The van der Waals surface area contributed by atoms with E-state index < -0.39 is 12.0 Å². The number of anilines is 1. The van der Waals surface area contributed by atoms with Gasteiger partial charge in [-0.2, -0.15) is 0 Å². The molecule has 0 saturated carbocycles. The van der Waals surface area contributed by atoms with Crippen LogP contribution in [0.15, 0.2) is 31.1 Å². The summed E-state index contributed by atoms with van der Waals surface area (Å²) < 4.78 is 0. The van der Waals surface area contributed by atoms with E-state index in [4.69, 9.17) is 5.11 Å². The third-order valence-corrected chi connectivity index (χ3v) is 1.65. The second-order valence-electron chi connectivity index (χ2n) is 2.89. The molecule has 0 aromatic carbocycles. The molecule has 1 aromatic rings. The zero-order chi connectivity index (χ0) is 12.0. The Bertz CT molecular complexity index is 418. The van der Waals surface area contributed by atoms with Crippen LogP contribution in [0.5, 0.6) is 0 Å². The number of urea groups is 1. The molecule has 0 atom stereocenters. The van der Waals surface area contributed by atoms with Crippen LogP contribution in [-0.4, -0.2) is 28.6 Å². The van der Waals surface area contributed by atoms with Crippen LogP contribution in [0.3, 0.4) is 0 Å². The van der Waals surface area contributed by atoms with Crippen LogP contribution < -0.4 is 10.6 Å². The molecule has 0 unspecified atom stereocenters. The number of aromatic nitrogens is 1. The summed E-state index contributed by atoms with van der Waals surface area (Å²) in [4.78, 5) is 25.5. The van der Waals surface area contributed by atoms with Crippen LogP contribution >= 0.6 is 0 Å². The van der Waals surface area contributed by atoms with Crippen LogP contribution in [0.1, 0.15) is 10.4 Å². The number of hydrogen-bond acceptors (Lipinski definition) is 3. The fourth-order valence-electron chi connectivity index (χ4n) is 0.965. The van der Waals surface area contributed by atoms with Gasteiger partial charge >= 0.3 is 12.0 Å². The summed E-state index contributed by atoms with van der Waals surface area (Å²) >= 11 is 0. The monoisotopic (exact) mass is 221 g/mol. The van der Waals surface area contributed by atoms with Crippen molar-refractivity contribution in [3.63, 3.8) is 0 Å². The highest BCUT2D eigenvalue weighted by Gasteiger charge is 2.05. The minimum Gasteiger partial charge on any atom is -0.478 e. The molecule has 1 aromatic heterocycles. The lowest BCUT2D eigenvalue weighted by Crippen LogP contribution is -2.28. The van der Waals surface area contributed by atoms with E-state index in [1.807, 2.05) is 0 Å². The zero-order valence-corrected chi connectivity index (χ0v) is 8.43. The fourth-order valence-corrected chi connectivity index (χ4v) is 0.965. The van der Waals surface area contributed by atoms with Crippen molar-refractivity contribution < 1.29 is 14.7 Å². The van der Waals surface area contributed by atoms with Gasteiger partial charge in [-0.1, -0.05) is 6.08 Å². The predicted octanol–water partition coefficient (Wildman–Crippen LogP) is 1.09. The van der Waals surface area contributed by atoms with Gasteiger partial charge in [0, 0.05) is 12.7 Å². The van der Waals surface area contributed by atoms with Gasteiger partial charge in [0.1, 0.15) is 0 Å². The molecule has 16 heavy (non-hydrogen) atoms. The maximum absolute atomic E-state index is 11.2. The number of carbonyl (C=O) groups excluding carboxylic acids is 1. The number of hydrogen-bond donors (Lipinski definition) is 3. The van der Waals surface area contributed by atoms with Gasteiger partial charge in [0.05, 0.1) is 17.4 Å². The lowest BCUT2D eigenvalue weighted by atomic mass is 10.3. The predicted molar refractivity (Wildman–Crippen MR) is 58.4 cm³/mol. The van der Waals surface area contributed by atoms with Gasteiger partial charge in [0.15, 0.2) is 0 Å². The molecular weight excluding hydrogens is 210 g/mol. The Labute approximate surface area is 92.0 Å². The van der Waals surface area contributed by atoms with E-state index in [1.54, 1.807) is 0 Å². The third kappa shape index (κ3) is 3.41. The molecule has 2 amide bonds. The maximum Gasteiger partial charge on any atom is 0.337 e. The van der Waals surface area contributed by atoms with Crippen molar-refractivity contribution >= 4 is 17.7 Å². The van der Waals surface area contributed by atoms with Crippen LogP contribution in [-0.2, 0) is 0 Å². The molecule has 0 saturated heterocycles. The smallest absolute Gasteiger partial charge is 0.337 e. The second-order valence-corrected chi connectivity index (χ2v) is 2.89. The highest BCUT2D eigenvalue weighted by atomic mass is 16.4. The Morgan fingerprint density at radius 2 is 2.25 bits per heavy atom. The number of carboxylic acids is 1. The average Bonchev–Trinajstić information content (AvgIpc) is 2.26. The molecule has 1 heterocycles. The summed E-state index contributed by atoms with van der Waals surface area (Å²) in [7, 11) is 0. The average molecular weight is 221 g/mol. The van der Waals surface area contributed by atoms with Crippen LogP contribution in [0.2, 0.25) is 0 Å². The Morgan fingerprint density at radius 1 is 1.50 bits per heavy atom. The number of aromatic carboxylic acids is 1. The van der Waals surface area contributed by atoms with Crippen molar-refractivity contribution in [2.75, 3.05) is 11.9 Å². The van der Waals surface area contributed by atoms with E-state index in [2.05, 4.69) is 22.2 Å². The Kier molecular flexibility index (Phi) is 4.02. The first-order chi connectivity index (χ1) is 7.63. The molecule has 6 heteroatoms. The molecular formula is C10H11N3O3. The number of nitrogens with zero attached hydrogens (tertiary/aromatic N) is 1. The van der Waals surface area contributed by atoms with Gasteiger partial charge in [-0.3, -0.25) is 4.98 Å². The van der Waals surface area contributed by atoms with Crippen molar-refractivity contribution in [1.82, 2.24) is 10.3 Å². The summed E-state index contributed by atoms with van der Waals surface area (Å²) in [6.07, 6.45) is 4.10. The van der Waals surface area contributed by atoms with Crippen molar-refractivity contribution in [2.45, 2.75) is 0 Å². The first-order valence-corrected chi connectivity index (χ1v) is 4.47. The first-order valence-electron chi connectivity index (χ1n) is 4.47. The van der Waals surface area contributed by atoms with Crippen LogP contribution in [0, 0.1) is 0 Å². The minimum atomic E-state index is -1.09. The first kappa shape index (κ1) is 11.7. The quantitative estimate of drug-likeness (QED) is 0.663. The maximum atomic E-state index is 11.2. The Balaban J connectivity index is 2.66. The summed E-state index contributed by atoms with van der Waals surface area (Å²) in [5.41, 5.74) is 0.336. The lowest BCUT2D eigenvalue weighted by molar-refractivity contribution is 0.0696. The topological polar surface area (TPSA) is 91.3 Å². The van der Waals surface area contributed by atoms with Gasteiger partial charge in [-0.25, -0.2) is 9.59 Å². The van der Waals surface area contributed by atoms with Crippen molar-refractivity contribution in [1.29, 1.82) is 0 Å².